The Morgan fingerprint density at radius 2 is 2.19 bits per heavy atom. The SMILES string of the molecule is Cc1ccc(F)c(C(=O)N[C@@H](C)Cc2cnccn2)c1Cl. The highest BCUT2D eigenvalue weighted by molar-refractivity contribution is 6.34. The number of benzene rings is 1. The van der Waals surface area contributed by atoms with E-state index in [1.54, 1.807) is 25.5 Å². The predicted molar refractivity (Wildman–Crippen MR) is 78.8 cm³/mol. The van der Waals surface area contributed by atoms with Crippen molar-refractivity contribution in [2.75, 3.05) is 0 Å². The van der Waals surface area contributed by atoms with E-state index in [-0.39, 0.29) is 16.6 Å². The van der Waals surface area contributed by atoms with Gasteiger partial charge in [0.1, 0.15) is 5.82 Å². The number of halogens is 2. The molecule has 1 N–H and O–H groups in total. The number of hydrogen-bond acceptors (Lipinski definition) is 3. The lowest BCUT2D eigenvalue weighted by Crippen LogP contribution is -2.35. The van der Waals surface area contributed by atoms with Crippen LogP contribution in [0.3, 0.4) is 0 Å². The monoisotopic (exact) mass is 307 g/mol. The number of amides is 1. The first-order valence-electron chi connectivity index (χ1n) is 6.49. The zero-order valence-corrected chi connectivity index (χ0v) is 12.5. The van der Waals surface area contributed by atoms with E-state index in [9.17, 15) is 9.18 Å². The van der Waals surface area contributed by atoms with Gasteiger partial charge in [-0.15, -0.1) is 0 Å². The molecule has 110 valence electrons. The molecular weight excluding hydrogens is 293 g/mol. The third-order valence-corrected chi connectivity index (χ3v) is 3.51. The van der Waals surface area contributed by atoms with E-state index < -0.39 is 11.7 Å². The maximum absolute atomic E-state index is 13.8. The van der Waals surface area contributed by atoms with E-state index in [0.29, 0.717) is 12.0 Å². The molecule has 0 radical (unpaired) electrons. The summed E-state index contributed by atoms with van der Waals surface area (Å²) in [6.45, 7) is 3.54. The summed E-state index contributed by atoms with van der Waals surface area (Å²) in [6.07, 6.45) is 5.29. The molecule has 2 aromatic rings. The average Bonchev–Trinajstić information content (AvgIpc) is 2.44. The fourth-order valence-corrected chi connectivity index (χ4v) is 2.20. The molecule has 1 atom stereocenters. The third kappa shape index (κ3) is 3.76. The minimum Gasteiger partial charge on any atom is -0.349 e. The predicted octanol–water partition coefficient (Wildman–Crippen LogP) is 2.94. The van der Waals surface area contributed by atoms with Gasteiger partial charge in [-0.05, 0) is 25.5 Å². The fraction of sp³-hybridized carbons (Fsp3) is 0.267. The summed E-state index contributed by atoms with van der Waals surface area (Å²) >= 11 is 6.01. The number of carbonyl (C=O) groups is 1. The summed E-state index contributed by atoms with van der Waals surface area (Å²) in [5, 5.41) is 2.86. The van der Waals surface area contributed by atoms with Gasteiger partial charge in [0.05, 0.1) is 16.3 Å². The van der Waals surface area contributed by atoms with Gasteiger partial charge in [-0.2, -0.15) is 0 Å². The smallest absolute Gasteiger partial charge is 0.256 e. The van der Waals surface area contributed by atoms with Crippen LogP contribution in [0.4, 0.5) is 4.39 Å². The normalized spacial score (nSPS) is 12.0. The molecule has 1 heterocycles. The molecule has 21 heavy (non-hydrogen) atoms. The molecule has 0 fully saturated rings. The van der Waals surface area contributed by atoms with Crippen molar-refractivity contribution in [1.82, 2.24) is 15.3 Å². The highest BCUT2D eigenvalue weighted by atomic mass is 35.5. The lowest BCUT2D eigenvalue weighted by Gasteiger charge is -2.15. The molecule has 1 aromatic heterocycles. The van der Waals surface area contributed by atoms with E-state index in [1.165, 1.54) is 12.1 Å². The van der Waals surface area contributed by atoms with Gasteiger partial charge in [0.2, 0.25) is 0 Å². The molecule has 0 saturated heterocycles. The zero-order valence-electron chi connectivity index (χ0n) is 11.7. The average molecular weight is 308 g/mol. The van der Waals surface area contributed by atoms with Gasteiger partial charge < -0.3 is 5.32 Å². The molecule has 0 bridgehead atoms. The van der Waals surface area contributed by atoms with Crippen molar-refractivity contribution >= 4 is 17.5 Å². The van der Waals surface area contributed by atoms with Crippen LogP contribution in [0, 0.1) is 12.7 Å². The second-order valence-corrected chi connectivity index (χ2v) is 5.21. The summed E-state index contributed by atoms with van der Waals surface area (Å²) in [4.78, 5) is 20.3. The molecule has 1 amide bonds. The molecule has 6 heteroatoms. The van der Waals surface area contributed by atoms with Gasteiger partial charge in [0.25, 0.3) is 5.91 Å². The van der Waals surface area contributed by atoms with Crippen molar-refractivity contribution in [3.63, 3.8) is 0 Å². The number of aryl methyl sites for hydroxylation is 1. The quantitative estimate of drug-likeness (QED) is 0.945. The summed E-state index contributed by atoms with van der Waals surface area (Å²) in [6, 6.07) is 2.56. The van der Waals surface area contributed by atoms with Gasteiger partial charge in [-0.25, -0.2) is 4.39 Å². The van der Waals surface area contributed by atoms with Crippen LogP contribution in [-0.2, 0) is 6.42 Å². The molecule has 0 aliphatic carbocycles. The Labute approximate surface area is 127 Å². The van der Waals surface area contributed by atoms with Gasteiger partial charge in [-0.3, -0.25) is 14.8 Å². The number of nitrogens with one attached hydrogen (secondary N) is 1. The van der Waals surface area contributed by atoms with Crippen LogP contribution in [0.5, 0.6) is 0 Å². The Morgan fingerprint density at radius 3 is 2.86 bits per heavy atom. The van der Waals surface area contributed by atoms with Crippen molar-refractivity contribution in [3.05, 3.63) is 58.4 Å². The Balaban J connectivity index is 2.10. The van der Waals surface area contributed by atoms with E-state index in [2.05, 4.69) is 15.3 Å². The topological polar surface area (TPSA) is 54.9 Å². The first kappa shape index (κ1) is 15.4. The first-order valence-corrected chi connectivity index (χ1v) is 6.87. The Bertz CT molecular complexity index is 649. The van der Waals surface area contributed by atoms with Crippen molar-refractivity contribution < 1.29 is 9.18 Å². The minimum absolute atomic E-state index is 0.123. The van der Waals surface area contributed by atoms with Gasteiger partial charge in [0.15, 0.2) is 0 Å². The Kier molecular flexibility index (Phi) is 4.85. The lowest BCUT2D eigenvalue weighted by atomic mass is 10.1. The second kappa shape index (κ2) is 6.63. The summed E-state index contributed by atoms with van der Waals surface area (Å²) in [5.74, 6) is -1.16. The van der Waals surface area contributed by atoms with Gasteiger partial charge in [0, 0.05) is 31.1 Å². The van der Waals surface area contributed by atoms with Crippen molar-refractivity contribution in [2.24, 2.45) is 0 Å². The maximum atomic E-state index is 13.8. The molecule has 1 aromatic carbocycles. The number of rotatable bonds is 4. The molecule has 0 saturated carbocycles. The summed E-state index contributed by atoms with van der Waals surface area (Å²) < 4.78 is 13.8. The number of aromatic nitrogens is 2. The lowest BCUT2D eigenvalue weighted by molar-refractivity contribution is 0.0936. The third-order valence-electron chi connectivity index (χ3n) is 3.02. The molecule has 0 aliphatic rings. The van der Waals surface area contributed by atoms with Crippen LogP contribution in [0.25, 0.3) is 0 Å². The van der Waals surface area contributed by atoms with Crippen molar-refractivity contribution in [2.45, 2.75) is 26.3 Å². The molecule has 0 unspecified atom stereocenters. The van der Waals surface area contributed by atoms with Crippen LogP contribution in [-0.4, -0.2) is 21.9 Å². The van der Waals surface area contributed by atoms with Crippen LogP contribution < -0.4 is 5.32 Å². The Hall–Kier alpha value is -2.01. The highest BCUT2D eigenvalue weighted by Gasteiger charge is 2.19. The molecule has 2 rings (SSSR count). The highest BCUT2D eigenvalue weighted by Crippen LogP contribution is 2.23. The largest absolute Gasteiger partial charge is 0.349 e. The van der Waals surface area contributed by atoms with Crippen LogP contribution in [0.1, 0.15) is 28.5 Å². The van der Waals surface area contributed by atoms with Crippen LogP contribution in [0.2, 0.25) is 5.02 Å². The summed E-state index contributed by atoms with van der Waals surface area (Å²) in [7, 11) is 0. The van der Waals surface area contributed by atoms with Gasteiger partial charge in [-0.1, -0.05) is 17.7 Å². The molecule has 4 nitrogen and oxygen atoms in total. The van der Waals surface area contributed by atoms with E-state index in [0.717, 1.165) is 5.69 Å². The van der Waals surface area contributed by atoms with Crippen molar-refractivity contribution in [3.8, 4) is 0 Å². The Morgan fingerprint density at radius 1 is 1.43 bits per heavy atom. The standard InChI is InChI=1S/C15H15ClFN3O/c1-9-3-4-12(17)13(14(9)16)15(21)20-10(2)7-11-8-18-5-6-19-11/h3-6,8,10H,7H2,1-2H3,(H,20,21)/t10-/m0/s1. The van der Waals surface area contributed by atoms with E-state index in [4.69, 9.17) is 11.6 Å². The second-order valence-electron chi connectivity index (χ2n) is 4.83. The van der Waals surface area contributed by atoms with Gasteiger partial charge >= 0.3 is 0 Å². The minimum atomic E-state index is -0.630. The number of carbonyl (C=O) groups excluding carboxylic acids is 1. The number of nitrogens with zero attached hydrogens (tertiary/aromatic N) is 2. The van der Waals surface area contributed by atoms with Crippen LogP contribution >= 0.6 is 11.6 Å². The molecular formula is C15H15ClFN3O. The van der Waals surface area contributed by atoms with Crippen molar-refractivity contribution in [1.29, 1.82) is 0 Å². The maximum Gasteiger partial charge on any atom is 0.256 e. The molecule has 0 spiro atoms. The fourth-order valence-electron chi connectivity index (χ4n) is 1.96. The van der Waals surface area contributed by atoms with Crippen LogP contribution in [0.15, 0.2) is 30.7 Å². The summed E-state index contributed by atoms with van der Waals surface area (Å²) in [5.41, 5.74) is 1.29. The zero-order chi connectivity index (χ0) is 15.4. The van der Waals surface area contributed by atoms with E-state index >= 15 is 0 Å². The molecule has 0 aliphatic heterocycles. The first-order chi connectivity index (χ1) is 9.99. The number of hydrogen-bond donors (Lipinski definition) is 1. The van der Waals surface area contributed by atoms with E-state index in [1.807, 2.05) is 6.92 Å².